The molecule has 1 aliphatic heterocycles. The number of nitrogens with one attached hydrogen (secondary N) is 1. The first kappa shape index (κ1) is 24.9. The summed E-state index contributed by atoms with van der Waals surface area (Å²) < 4.78 is 22.5. The second-order valence-corrected chi connectivity index (χ2v) is 11.2. The maximum atomic E-state index is 12.2. The van der Waals surface area contributed by atoms with Crippen molar-refractivity contribution >= 4 is 21.5 Å². The van der Waals surface area contributed by atoms with E-state index in [1.807, 2.05) is 24.3 Å². The molecule has 178 valence electrons. The van der Waals surface area contributed by atoms with E-state index in [-0.39, 0.29) is 12.5 Å². The minimum atomic E-state index is -3.81. The molecule has 0 fully saturated rings. The van der Waals surface area contributed by atoms with Crippen LogP contribution in [0, 0.1) is 0 Å². The number of carbonyl (C=O) groups excluding carboxylic acids is 1. The molecular formula is C24H30N2O6S. The van der Waals surface area contributed by atoms with Crippen molar-refractivity contribution in [1.82, 2.24) is 5.48 Å². The fourth-order valence-electron chi connectivity index (χ4n) is 3.77. The minimum absolute atomic E-state index is 0.134. The molecule has 0 aromatic heterocycles. The summed E-state index contributed by atoms with van der Waals surface area (Å²) in [7, 11) is -3.81. The lowest BCUT2D eigenvalue weighted by Gasteiger charge is -2.26. The Bertz CT molecular complexity index is 1110. The number of rotatable bonds is 9. The van der Waals surface area contributed by atoms with E-state index in [0.29, 0.717) is 12.1 Å². The second kappa shape index (κ2) is 10.0. The lowest BCUT2D eigenvalue weighted by atomic mass is 9.95. The highest BCUT2D eigenvalue weighted by atomic mass is 32.2. The van der Waals surface area contributed by atoms with Gasteiger partial charge in [0, 0.05) is 19.1 Å². The van der Waals surface area contributed by atoms with Gasteiger partial charge in [-0.3, -0.25) is 10.0 Å². The van der Waals surface area contributed by atoms with E-state index >= 15 is 0 Å². The van der Waals surface area contributed by atoms with Gasteiger partial charge in [0.1, 0.15) is 6.10 Å². The van der Waals surface area contributed by atoms with Gasteiger partial charge in [-0.15, -0.1) is 0 Å². The molecule has 0 saturated heterocycles. The zero-order valence-electron chi connectivity index (χ0n) is 19.0. The van der Waals surface area contributed by atoms with Crippen LogP contribution in [0.25, 0.3) is 11.1 Å². The number of hydrogen-bond donors (Lipinski definition) is 3. The highest BCUT2D eigenvalue weighted by molar-refractivity contribution is 7.92. The molecule has 0 radical (unpaired) electrons. The zero-order chi connectivity index (χ0) is 24.2. The van der Waals surface area contributed by atoms with Gasteiger partial charge >= 0.3 is 0 Å². The van der Waals surface area contributed by atoms with Gasteiger partial charge in [0.15, 0.2) is 14.6 Å². The van der Waals surface area contributed by atoms with Gasteiger partial charge in [0.05, 0.1) is 11.8 Å². The van der Waals surface area contributed by atoms with Crippen LogP contribution in [0.4, 0.5) is 0 Å². The van der Waals surface area contributed by atoms with E-state index in [9.17, 15) is 18.3 Å². The minimum Gasteiger partial charge on any atom is -0.393 e. The van der Waals surface area contributed by atoms with Gasteiger partial charge in [0.25, 0.3) is 5.91 Å². The van der Waals surface area contributed by atoms with Crippen molar-refractivity contribution in [2.45, 2.75) is 56.5 Å². The van der Waals surface area contributed by atoms with E-state index in [0.717, 1.165) is 35.8 Å². The Morgan fingerprint density at radius 2 is 1.70 bits per heavy atom. The number of aliphatic hydroxyl groups excluding tert-OH is 1. The fourth-order valence-corrected chi connectivity index (χ4v) is 4.64. The monoisotopic (exact) mass is 474 g/mol. The van der Waals surface area contributed by atoms with Crippen LogP contribution in [-0.2, 0) is 25.9 Å². The molecule has 2 aromatic rings. The van der Waals surface area contributed by atoms with Crippen molar-refractivity contribution in [3.8, 4) is 11.1 Å². The summed E-state index contributed by atoms with van der Waals surface area (Å²) in [5.74, 6) is -0.997. The molecule has 3 N–H and O–H groups in total. The molecule has 0 aliphatic carbocycles. The van der Waals surface area contributed by atoms with Crippen LogP contribution in [0.2, 0.25) is 0 Å². The second-order valence-electron chi connectivity index (χ2n) is 8.78. The van der Waals surface area contributed by atoms with Crippen LogP contribution in [0.5, 0.6) is 0 Å². The van der Waals surface area contributed by atoms with Crippen LogP contribution in [0.3, 0.4) is 0 Å². The van der Waals surface area contributed by atoms with E-state index in [1.54, 1.807) is 6.92 Å². The summed E-state index contributed by atoms with van der Waals surface area (Å²) in [6.45, 7) is 3.05. The van der Waals surface area contributed by atoms with Crippen LogP contribution in [0.1, 0.15) is 44.2 Å². The molecule has 3 rings (SSSR count). The highest BCUT2D eigenvalue weighted by Gasteiger charge is 2.47. The smallest absolute Gasteiger partial charge is 0.264 e. The van der Waals surface area contributed by atoms with Crippen LogP contribution in [-0.4, -0.2) is 53.6 Å². The fraction of sp³-hybridized carbons (Fsp3) is 0.417. The standard InChI is InChI=1S/C24H30N2O6S/c1-16(27)4-5-17-6-8-18(9-7-17)19-10-12-20(13-11-19)22-14-21(32-26-22)15-24(2,23(28)25-29)33(3,30)31/h6-13,16,21,27,29H,4-5,14-15H2,1-3H3,(H,25,28)/t16?,21?,24-/m1/s1. The average Bonchev–Trinajstić information content (AvgIpc) is 3.25. The Morgan fingerprint density at radius 3 is 2.21 bits per heavy atom. The first-order valence-corrected chi connectivity index (χ1v) is 12.7. The Labute approximate surface area is 194 Å². The molecule has 2 unspecified atom stereocenters. The number of carbonyl (C=O) groups is 1. The van der Waals surface area contributed by atoms with Crippen LogP contribution >= 0.6 is 0 Å². The Kier molecular flexibility index (Phi) is 7.56. The lowest BCUT2D eigenvalue weighted by Crippen LogP contribution is -2.51. The highest BCUT2D eigenvalue weighted by Crippen LogP contribution is 2.30. The number of aliphatic hydroxyl groups is 1. The Balaban J connectivity index is 1.66. The zero-order valence-corrected chi connectivity index (χ0v) is 19.8. The number of hydroxylamine groups is 1. The number of nitrogens with zero attached hydrogens (tertiary/aromatic N) is 1. The van der Waals surface area contributed by atoms with Crippen LogP contribution in [0.15, 0.2) is 53.7 Å². The molecule has 2 aromatic carbocycles. The van der Waals surface area contributed by atoms with E-state index in [1.165, 1.54) is 18.0 Å². The van der Waals surface area contributed by atoms with Gasteiger partial charge in [-0.05, 0) is 48.9 Å². The van der Waals surface area contributed by atoms with Crippen molar-refractivity contribution < 1.29 is 28.4 Å². The maximum Gasteiger partial charge on any atom is 0.264 e. The molecular weight excluding hydrogens is 444 g/mol. The summed E-state index contributed by atoms with van der Waals surface area (Å²) in [4.78, 5) is 17.5. The molecule has 0 spiro atoms. The first-order valence-electron chi connectivity index (χ1n) is 10.8. The van der Waals surface area contributed by atoms with Gasteiger partial charge in [-0.1, -0.05) is 53.7 Å². The summed E-state index contributed by atoms with van der Waals surface area (Å²) in [6, 6.07) is 16.0. The normalized spacial score (nSPS) is 18.7. The van der Waals surface area contributed by atoms with E-state index in [4.69, 9.17) is 10.0 Å². The number of benzene rings is 2. The third kappa shape index (κ3) is 5.79. The molecule has 0 bridgehead atoms. The largest absolute Gasteiger partial charge is 0.393 e. The number of sulfone groups is 1. The summed E-state index contributed by atoms with van der Waals surface area (Å²) in [5, 5.41) is 22.5. The van der Waals surface area contributed by atoms with Gasteiger partial charge in [-0.25, -0.2) is 13.9 Å². The Hall–Kier alpha value is -2.75. The summed E-state index contributed by atoms with van der Waals surface area (Å²) >= 11 is 0. The molecule has 33 heavy (non-hydrogen) atoms. The van der Waals surface area contributed by atoms with Crippen molar-refractivity contribution in [1.29, 1.82) is 0 Å². The maximum absolute atomic E-state index is 12.2. The van der Waals surface area contributed by atoms with Gasteiger partial charge in [0.2, 0.25) is 0 Å². The first-order chi connectivity index (χ1) is 15.5. The molecule has 9 heteroatoms. The molecule has 1 amide bonds. The molecule has 0 saturated carbocycles. The Morgan fingerprint density at radius 1 is 1.15 bits per heavy atom. The molecule has 3 atom stereocenters. The number of oxime groups is 1. The predicted molar refractivity (Wildman–Crippen MR) is 126 cm³/mol. The van der Waals surface area contributed by atoms with E-state index < -0.39 is 26.6 Å². The van der Waals surface area contributed by atoms with Gasteiger partial charge < -0.3 is 9.94 Å². The SMILES string of the molecule is CC(O)CCc1ccc(-c2ccc(C3=NOC(C[C@](C)(C(=O)NO)S(C)(=O)=O)C3)cc2)cc1. The van der Waals surface area contributed by atoms with Crippen molar-refractivity contribution in [3.63, 3.8) is 0 Å². The van der Waals surface area contributed by atoms with E-state index in [2.05, 4.69) is 29.4 Å². The number of amides is 1. The van der Waals surface area contributed by atoms with Gasteiger partial charge in [-0.2, -0.15) is 0 Å². The quantitative estimate of drug-likeness (QED) is 0.379. The van der Waals surface area contributed by atoms with Crippen molar-refractivity contribution in [2.24, 2.45) is 5.16 Å². The summed E-state index contributed by atoms with van der Waals surface area (Å²) in [5.41, 5.74) is 6.25. The number of aryl methyl sites for hydroxylation is 1. The third-order valence-corrected chi connectivity index (χ3v) is 8.10. The third-order valence-electron chi connectivity index (χ3n) is 6.11. The summed E-state index contributed by atoms with van der Waals surface area (Å²) in [6.07, 6.45) is 1.81. The van der Waals surface area contributed by atoms with Crippen molar-refractivity contribution in [3.05, 3.63) is 59.7 Å². The number of hydrogen-bond acceptors (Lipinski definition) is 7. The van der Waals surface area contributed by atoms with Crippen LogP contribution < -0.4 is 5.48 Å². The predicted octanol–water partition coefficient (Wildman–Crippen LogP) is 2.86. The topological polar surface area (TPSA) is 125 Å². The molecule has 1 aliphatic rings. The molecule has 1 heterocycles. The lowest BCUT2D eigenvalue weighted by molar-refractivity contribution is -0.132. The van der Waals surface area contributed by atoms with Crippen molar-refractivity contribution in [2.75, 3.05) is 6.26 Å². The molecule has 8 nitrogen and oxygen atoms in total. The average molecular weight is 475 g/mol.